The Morgan fingerprint density at radius 3 is 2.15 bits per heavy atom. The van der Waals surface area contributed by atoms with Crippen LogP contribution in [0.3, 0.4) is 0 Å². The molecule has 27 heavy (non-hydrogen) atoms. The lowest BCUT2D eigenvalue weighted by molar-refractivity contribution is 0.400. The first-order valence-electron chi connectivity index (χ1n) is 8.44. The van der Waals surface area contributed by atoms with E-state index in [2.05, 4.69) is 16.2 Å². The number of rotatable bonds is 5. The van der Waals surface area contributed by atoms with Gasteiger partial charge in [0.2, 0.25) is 0 Å². The number of furan rings is 1. The summed E-state index contributed by atoms with van der Waals surface area (Å²) in [6.45, 7) is 0. The van der Waals surface area contributed by atoms with E-state index in [9.17, 15) is 5.26 Å². The smallest absolute Gasteiger partial charge is 0.268 e. The minimum atomic E-state index is -0.187. The molecular weight excluding hydrogens is 338 g/mol. The zero-order valence-corrected chi connectivity index (χ0v) is 14.3. The average molecular weight is 353 g/mol. The minimum absolute atomic E-state index is 0.167. The van der Waals surface area contributed by atoms with Gasteiger partial charge in [-0.05, 0) is 23.3 Å². The average Bonchev–Trinajstić information content (AvgIpc) is 3.40. The van der Waals surface area contributed by atoms with E-state index in [0.717, 1.165) is 11.1 Å². The van der Waals surface area contributed by atoms with Crippen LogP contribution in [0.15, 0.2) is 88.0 Å². The monoisotopic (exact) mass is 353 g/mol. The standard InChI is InChI=1S/C22H15N3O2/c23-15-18(14-19-12-7-13-26-19)22-24-21(25-27-22)20(16-8-3-1-4-9-16)17-10-5-2-6-11-17/h1-14,20H/b18-14-. The number of benzene rings is 2. The Morgan fingerprint density at radius 1 is 0.926 bits per heavy atom. The van der Waals surface area contributed by atoms with Crippen LogP contribution in [0.1, 0.15) is 34.5 Å². The molecule has 0 aliphatic rings. The van der Waals surface area contributed by atoms with Gasteiger partial charge in [-0.25, -0.2) is 0 Å². The Balaban J connectivity index is 1.76. The van der Waals surface area contributed by atoms with Gasteiger partial charge in [0.15, 0.2) is 5.82 Å². The number of aromatic nitrogens is 2. The fourth-order valence-electron chi connectivity index (χ4n) is 2.90. The van der Waals surface area contributed by atoms with E-state index in [1.54, 1.807) is 24.5 Å². The minimum Gasteiger partial charge on any atom is -0.465 e. The van der Waals surface area contributed by atoms with E-state index >= 15 is 0 Å². The highest BCUT2D eigenvalue weighted by Crippen LogP contribution is 2.30. The topological polar surface area (TPSA) is 75.8 Å². The summed E-state index contributed by atoms with van der Waals surface area (Å²) in [7, 11) is 0. The van der Waals surface area contributed by atoms with Gasteiger partial charge >= 0.3 is 0 Å². The molecule has 0 fully saturated rings. The van der Waals surface area contributed by atoms with Crippen molar-refractivity contribution in [2.45, 2.75) is 5.92 Å². The summed E-state index contributed by atoms with van der Waals surface area (Å²) in [4.78, 5) is 4.50. The summed E-state index contributed by atoms with van der Waals surface area (Å²) in [6, 6.07) is 25.5. The van der Waals surface area contributed by atoms with E-state index in [0.29, 0.717) is 11.6 Å². The predicted octanol–water partition coefficient (Wildman–Crippen LogP) is 4.91. The third-order valence-corrected chi connectivity index (χ3v) is 4.15. The van der Waals surface area contributed by atoms with Crippen molar-refractivity contribution in [3.05, 3.63) is 108 Å². The molecule has 4 aromatic rings. The maximum Gasteiger partial charge on any atom is 0.268 e. The van der Waals surface area contributed by atoms with Crippen LogP contribution in [-0.4, -0.2) is 10.1 Å². The number of hydrogen-bond acceptors (Lipinski definition) is 5. The highest BCUT2D eigenvalue weighted by Gasteiger charge is 2.23. The van der Waals surface area contributed by atoms with E-state index in [-0.39, 0.29) is 17.4 Å². The van der Waals surface area contributed by atoms with Crippen LogP contribution in [-0.2, 0) is 0 Å². The van der Waals surface area contributed by atoms with Gasteiger partial charge in [-0.15, -0.1) is 0 Å². The van der Waals surface area contributed by atoms with Gasteiger partial charge < -0.3 is 8.94 Å². The van der Waals surface area contributed by atoms with E-state index < -0.39 is 0 Å². The molecule has 0 bridgehead atoms. The second kappa shape index (κ2) is 7.54. The quantitative estimate of drug-likeness (QED) is 0.477. The first-order chi connectivity index (χ1) is 13.3. The Hall–Kier alpha value is -3.91. The third-order valence-electron chi connectivity index (χ3n) is 4.15. The third kappa shape index (κ3) is 3.55. The molecule has 2 aromatic heterocycles. The van der Waals surface area contributed by atoms with Crippen LogP contribution in [0.5, 0.6) is 0 Å². The molecule has 0 unspecified atom stereocenters. The largest absolute Gasteiger partial charge is 0.465 e. The van der Waals surface area contributed by atoms with Crippen LogP contribution in [0.2, 0.25) is 0 Å². The predicted molar refractivity (Wildman–Crippen MR) is 100 cm³/mol. The summed E-state index contributed by atoms with van der Waals surface area (Å²) in [5, 5.41) is 13.6. The van der Waals surface area contributed by atoms with Crippen molar-refractivity contribution in [3.8, 4) is 6.07 Å². The Labute approximate surface area is 156 Å². The number of hydrogen-bond donors (Lipinski definition) is 0. The van der Waals surface area contributed by atoms with Crippen LogP contribution < -0.4 is 0 Å². The lowest BCUT2D eigenvalue weighted by Crippen LogP contribution is -2.05. The highest BCUT2D eigenvalue weighted by molar-refractivity contribution is 5.85. The van der Waals surface area contributed by atoms with Gasteiger partial charge in [0.25, 0.3) is 5.89 Å². The van der Waals surface area contributed by atoms with E-state index in [1.165, 1.54) is 0 Å². The zero-order chi connectivity index (χ0) is 18.5. The fraction of sp³-hybridized carbons (Fsp3) is 0.0455. The molecular formula is C22H15N3O2. The summed E-state index contributed by atoms with van der Waals surface area (Å²) >= 11 is 0. The molecule has 5 nitrogen and oxygen atoms in total. The van der Waals surface area contributed by atoms with Gasteiger partial charge in [0.1, 0.15) is 17.4 Å². The van der Waals surface area contributed by atoms with Crippen LogP contribution in [0.4, 0.5) is 0 Å². The first kappa shape index (κ1) is 16.6. The number of nitrogens with zero attached hydrogens (tertiary/aromatic N) is 3. The first-order valence-corrected chi connectivity index (χ1v) is 8.44. The summed E-state index contributed by atoms with van der Waals surface area (Å²) < 4.78 is 10.7. The van der Waals surface area contributed by atoms with Gasteiger partial charge in [-0.3, -0.25) is 0 Å². The van der Waals surface area contributed by atoms with Crippen molar-refractivity contribution >= 4 is 11.6 Å². The van der Waals surface area contributed by atoms with Gasteiger partial charge in [-0.1, -0.05) is 65.8 Å². The summed E-state index contributed by atoms with van der Waals surface area (Å²) in [6.07, 6.45) is 3.12. The van der Waals surface area contributed by atoms with Crippen LogP contribution >= 0.6 is 0 Å². The van der Waals surface area contributed by atoms with E-state index in [4.69, 9.17) is 8.94 Å². The second-order valence-corrected chi connectivity index (χ2v) is 5.90. The molecule has 4 rings (SSSR count). The molecule has 0 saturated carbocycles. The van der Waals surface area contributed by atoms with E-state index in [1.807, 2.05) is 60.7 Å². The van der Waals surface area contributed by atoms with Crippen molar-refractivity contribution in [1.29, 1.82) is 5.26 Å². The molecule has 0 N–H and O–H groups in total. The van der Waals surface area contributed by atoms with Crippen molar-refractivity contribution < 1.29 is 8.94 Å². The molecule has 130 valence electrons. The van der Waals surface area contributed by atoms with Gasteiger partial charge in [0.05, 0.1) is 12.2 Å². The second-order valence-electron chi connectivity index (χ2n) is 5.90. The van der Waals surface area contributed by atoms with Crippen LogP contribution in [0, 0.1) is 11.3 Å². The normalized spacial score (nSPS) is 11.5. The molecule has 0 atom stereocenters. The van der Waals surface area contributed by atoms with Crippen LogP contribution in [0.25, 0.3) is 11.6 Å². The van der Waals surface area contributed by atoms with Crippen molar-refractivity contribution in [1.82, 2.24) is 10.1 Å². The fourth-order valence-corrected chi connectivity index (χ4v) is 2.90. The molecule has 0 amide bonds. The number of nitriles is 1. The highest BCUT2D eigenvalue weighted by atomic mass is 16.5. The van der Waals surface area contributed by atoms with Gasteiger partial charge in [-0.2, -0.15) is 10.2 Å². The lowest BCUT2D eigenvalue weighted by Gasteiger charge is -2.13. The molecule has 0 radical (unpaired) electrons. The maximum atomic E-state index is 9.47. The molecule has 0 aliphatic carbocycles. The number of allylic oxidation sites excluding steroid dienone is 1. The van der Waals surface area contributed by atoms with Crippen molar-refractivity contribution in [2.24, 2.45) is 0 Å². The van der Waals surface area contributed by atoms with Crippen molar-refractivity contribution in [2.75, 3.05) is 0 Å². The molecule has 2 aromatic carbocycles. The zero-order valence-electron chi connectivity index (χ0n) is 14.3. The summed E-state index contributed by atoms with van der Waals surface area (Å²) in [5.41, 5.74) is 2.35. The molecule has 0 saturated heterocycles. The van der Waals surface area contributed by atoms with Crippen molar-refractivity contribution in [3.63, 3.8) is 0 Å². The molecule has 0 aliphatic heterocycles. The molecule has 5 heteroatoms. The van der Waals surface area contributed by atoms with Gasteiger partial charge in [0, 0.05) is 6.08 Å². The molecule has 2 heterocycles. The SMILES string of the molecule is N#C/C(=C/c1ccco1)c1nc(C(c2ccccc2)c2ccccc2)no1. The lowest BCUT2D eigenvalue weighted by atomic mass is 9.91. The Kier molecular flexibility index (Phi) is 4.62. The summed E-state index contributed by atoms with van der Waals surface area (Å²) in [5.74, 6) is 1.03. The Morgan fingerprint density at radius 2 is 1.59 bits per heavy atom. The maximum absolute atomic E-state index is 9.47. The molecule has 0 spiro atoms. The Bertz CT molecular complexity index is 1040.